The van der Waals surface area contributed by atoms with Crippen LogP contribution in [-0.2, 0) is 9.59 Å². The van der Waals surface area contributed by atoms with Gasteiger partial charge in [0, 0.05) is 11.9 Å². The van der Waals surface area contributed by atoms with Crippen LogP contribution >= 0.6 is 0 Å². The Morgan fingerprint density at radius 1 is 1.46 bits per heavy atom. The summed E-state index contributed by atoms with van der Waals surface area (Å²) in [6.07, 6.45) is 2.43. The lowest BCUT2D eigenvalue weighted by Gasteiger charge is -2.21. The molecule has 1 aliphatic rings. The second kappa shape index (κ2) is 3.01. The topological polar surface area (TPSA) is 87.0 Å². The molecular formula is C8H9NO4. The van der Waals surface area contributed by atoms with Crippen molar-refractivity contribution in [3.8, 4) is 0 Å². The molecule has 13 heavy (non-hydrogen) atoms. The van der Waals surface area contributed by atoms with Gasteiger partial charge >= 0.3 is 11.9 Å². The summed E-state index contributed by atoms with van der Waals surface area (Å²) in [5, 5.41) is 17.5. The Morgan fingerprint density at radius 2 is 2.00 bits per heavy atom. The minimum absolute atomic E-state index is 0.0486. The van der Waals surface area contributed by atoms with Crippen molar-refractivity contribution in [1.29, 1.82) is 0 Å². The fourth-order valence-corrected chi connectivity index (χ4v) is 1.00. The fraction of sp³-hybridized carbons (Fsp3) is 0.375. The predicted molar refractivity (Wildman–Crippen MR) is 44.6 cm³/mol. The molecule has 0 aliphatic carbocycles. The van der Waals surface area contributed by atoms with Gasteiger partial charge in [-0.3, -0.25) is 14.6 Å². The molecule has 70 valence electrons. The number of rotatable bonds is 2. The summed E-state index contributed by atoms with van der Waals surface area (Å²) in [7, 11) is 0. The van der Waals surface area contributed by atoms with Gasteiger partial charge in [-0.05, 0) is 13.3 Å². The van der Waals surface area contributed by atoms with E-state index in [2.05, 4.69) is 4.99 Å². The number of aliphatic imine (C=N–C) groups is 1. The zero-order valence-electron chi connectivity index (χ0n) is 7.02. The maximum atomic E-state index is 10.7. The van der Waals surface area contributed by atoms with E-state index in [0.717, 1.165) is 6.21 Å². The molecule has 5 nitrogen and oxygen atoms in total. The summed E-state index contributed by atoms with van der Waals surface area (Å²) in [5.41, 5.74) is -1.24. The maximum absolute atomic E-state index is 10.7. The van der Waals surface area contributed by atoms with E-state index >= 15 is 0 Å². The molecule has 0 aromatic carbocycles. The first-order valence-electron chi connectivity index (χ1n) is 3.68. The van der Waals surface area contributed by atoms with Crippen LogP contribution in [0.25, 0.3) is 0 Å². The average molecular weight is 183 g/mol. The Bertz CT molecular complexity index is 302. The lowest BCUT2D eigenvalue weighted by molar-refractivity contribution is -0.158. The summed E-state index contributed by atoms with van der Waals surface area (Å²) < 4.78 is 0. The molecule has 0 unspecified atom stereocenters. The van der Waals surface area contributed by atoms with Crippen molar-refractivity contribution in [2.45, 2.75) is 13.3 Å². The molecule has 0 fully saturated rings. The fourth-order valence-electron chi connectivity index (χ4n) is 1.00. The zero-order chi connectivity index (χ0) is 10.1. The third-order valence-electron chi connectivity index (χ3n) is 1.97. The third kappa shape index (κ3) is 1.44. The Labute approximate surface area is 74.4 Å². The molecule has 0 aromatic heterocycles. The number of allylic oxidation sites excluding steroid dienone is 2. The molecule has 0 aromatic rings. The van der Waals surface area contributed by atoms with Gasteiger partial charge in [-0.25, -0.2) is 0 Å². The molecular weight excluding hydrogens is 174 g/mol. The molecule has 0 radical (unpaired) electrons. The van der Waals surface area contributed by atoms with E-state index in [1.807, 2.05) is 0 Å². The number of hydrogen-bond acceptors (Lipinski definition) is 3. The lowest BCUT2D eigenvalue weighted by Crippen LogP contribution is -2.41. The van der Waals surface area contributed by atoms with Gasteiger partial charge < -0.3 is 10.2 Å². The molecule has 1 rings (SSSR count). The van der Waals surface area contributed by atoms with Crippen molar-refractivity contribution in [2.75, 3.05) is 0 Å². The lowest BCUT2D eigenvalue weighted by atomic mass is 9.84. The van der Waals surface area contributed by atoms with E-state index in [4.69, 9.17) is 10.2 Å². The molecule has 0 saturated heterocycles. The van der Waals surface area contributed by atoms with Crippen LogP contribution in [0.4, 0.5) is 0 Å². The highest BCUT2D eigenvalue weighted by atomic mass is 16.4. The molecule has 0 atom stereocenters. The number of carboxylic acids is 2. The largest absolute Gasteiger partial charge is 0.480 e. The van der Waals surface area contributed by atoms with Gasteiger partial charge in [0.15, 0.2) is 0 Å². The van der Waals surface area contributed by atoms with Gasteiger partial charge in [0.05, 0.1) is 0 Å². The van der Waals surface area contributed by atoms with Crippen molar-refractivity contribution in [2.24, 2.45) is 10.4 Å². The highest BCUT2D eigenvalue weighted by Gasteiger charge is 2.45. The first-order valence-corrected chi connectivity index (χ1v) is 3.68. The highest BCUT2D eigenvalue weighted by molar-refractivity contribution is 6.14. The molecule has 0 amide bonds. The van der Waals surface area contributed by atoms with Crippen LogP contribution < -0.4 is 0 Å². The van der Waals surface area contributed by atoms with Gasteiger partial charge in [-0.2, -0.15) is 0 Å². The minimum Gasteiger partial charge on any atom is -0.480 e. The maximum Gasteiger partial charge on any atom is 0.326 e. The molecule has 2 N–H and O–H groups in total. The smallest absolute Gasteiger partial charge is 0.326 e. The van der Waals surface area contributed by atoms with E-state index in [1.54, 1.807) is 6.92 Å². The zero-order valence-corrected chi connectivity index (χ0v) is 7.02. The first-order chi connectivity index (χ1) is 5.99. The normalized spacial score (nSPS) is 19.3. The first kappa shape index (κ1) is 9.44. The predicted octanol–water partition coefficient (Wildman–Crippen LogP) is 0.520. The number of carboxylic acid groups (broad SMARTS) is 2. The Morgan fingerprint density at radius 3 is 2.31 bits per heavy atom. The highest BCUT2D eigenvalue weighted by Crippen LogP contribution is 2.26. The van der Waals surface area contributed by atoms with Gasteiger partial charge in [-0.1, -0.05) is 6.08 Å². The summed E-state index contributed by atoms with van der Waals surface area (Å²) in [4.78, 5) is 25.1. The van der Waals surface area contributed by atoms with Crippen LogP contribution in [0.5, 0.6) is 0 Å². The number of carbonyl (C=O) groups is 2. The average Bonchev–Trinajstić information content (AvgIpc) is 2.04. The van der Waals surface area contributed by atoms with Crippen LogP contribution in [0.15, 0.2) is 16.8 Å². The summed E-state index contributed by atoms with van der Waals surface area (Å²) in [6, 6.07) is 0. The van der Waals surface area contributed by atoms with E-state index < -0.39 is 17.4 Å². The Balaban J connectivity index is 3.05. The third-order valence-corrected chi connectivity index (χ3v) is 1.97. The summed E-state index contributed by atoms with van der Waals surface area (Å²) >= 11 is 0. The number of nitrogens with zero attached hydrogens (tertiary/aromatic N) is 1. The van der Waals surface area contributed by atoms with Crippen molar-refractivity contribution >= 4 is 18.2 Å². The van der Waals surface area contributed by atoms with Crippen LogP contribution in [0.1, 0.15) is 13.3 Å². The van der Waals surface area contributed by atoms with Crippen molar-refractivity contribution in [3.05, 3.63) is 11.8 Å². The van der Waals surface area contributed by atoms with Crippen LogP contribution in [0, 0.1) is 5.41 Å². The van der Waals surface area contributed by atoms with E-state index in [0.29, 0.717) is 5.70 Å². The van der Waals surface area contributed by atoms with Crippen molar-refractivity contribution in [1.82, 2.24) is 0 Å². The van der Waals surface area contributed by atoms with Gasteiger partial charge in [0.2, 0.25) is 5.41 Å². The van der Waals surface area contributed by atoms with Crippen LogP contribution in [0.3, 0.4) is 0 Å². The van der Waals surface area contributed by atoms with Crippen molar-refractivity contribution in [3.63, 3.8) is 0 Å². The number of aliphatic carboxylic acids is 2. The molecule has 5 heteroatoms. The van der Waals surface area contributed by atoms with Gasteiger partial charge in [-0.15, -0.1) is 0 Å². The van der Waals surface area contributed by atoms with E-state index in [-0.39, 0.29) is 6.42 Å². The second-order valence-corrected chi connectivity index (χ2v) is 2.89. The monoisotopic (exact) mass is 183 g/mol. The second-order valence-electron chi connectivity index (χ2n) is 2.89. The molecule has 1 aliphatic heterocycles. The quantitative estimate of drug-likeness (QED) is 0.611. The summed E-state index contributed by atoms with van der Waals surface area (Å²) in [5.74, 6) is -2.76. The SMILES string of the molecule is CC1=CCC(C(=O)O)(C(=O)O)C=N1. The Kier molecular flexibility index (Phi) is 2.18. The van der Waals surface area contributed by atoms with E-state index in [1.165, 1.54) is 6.08 Å². The number of hydrogen-bond donors (Lipinski definition) is 2. The van der Waals surface area contributed by atoms with Crippen molar-refractivity contribution < 1.29 is 19.8 Å². The molecule has 0 spiro atoms. The van der Waals surface area contributed by atoms with Crippen LogP contribution in [0.2, 0.25) is 0 Å². The standard InChI is InChI=1S/C8H9NO4/c1-5-2-3-8(4-9-5,6(10)11)7(12)13/h2,4H,3H2,1H3,(H,10,11)(H,12,13). The van der Waals surface area contributed by atoms with Gasteiger partial charge in [0.1, 0.15) is 0 Å². The minimum atomic E-state index is -1.88. The molecule has 0 saturated carbocycles. The van der Waals surface area contributed by atoms with Gasteiger partial charge in [0.25, 0.3) is 0 Å². The molecule has 0 bridgehead atoms. The summed E-state index contributed by atoms with van der Waals surface area (Å²) in [6.45, 7) is 1.68. The molecule has 1 heterocycles. The Hall–Kier alpha value is -1.65. The van der Waals surface area contributed by atoms with E-state index in [9.17, 15) is 9.59 Å². The van der Waals surface area contributed by atoms with Crippen LogP contribution in [-0.4, -0.2) is 28.4 Å².